The molecule has 1 aromatic rings. The number of hydrogen-bond acceptors (Lipinski definition) is 3. The number of carboxylic acids is 1. The number of carbonyl (C=O) groups excluding carboxylic acids is 1. The van der Waals surface area contributed by atoms with Crippen LogP contribution in [0.15, 0.2) is 22.7 Å². The number of carboxylic acid groups (broad SMARTS) is 1. The molecule has 0 saturated carbocycles. The van der Waals surface area contributed by atoms with Gasteiger partial charge < -0.3 is 15.7 Å². The van der Waals surface area contributed by atoms with Crippen LogP contribution in [0.5, 0.6) is 0 Å². The van der Waals surface area contributed by atoms with Crippen molar-refractivity contribution in [1.82, 2.24) is 0 Å². The van der Waals surface area contributed by atoms with Crippen molar-refractivity contribution in [3.63, 3.8) is 0 Å². The van der Waals surface area contributed by atoms with Crippen molar-refractivity contribution in [2.45, 2.75) is 6.92 Å². The van der Waals surface area contributed by atoms with Crippen LogP contribution in [0.1, 0.15) is 17.3 Å². The number of amides is 1. The lowest BCUT2D eigenvalue weighted by Gasteiger charge is -2.22. The van der Waals surface area contributed by atoms with Crippen molar-refractivity contribution in [2.24, 2.45) is 5.73 Å². The Bertz CT molecular complexity index is 448. The molecular formula is C11H13BrN2O3. The van der Waals surface area contributed by atoms with E-state index in [4.69, 9.17) is 10.8 Å². The number of carbonyl (C=O) groups is 2. The van der Waals surface area contributed by atoms with E-state index in [1.807, 2.05) is 6.92 Å². The Morgan fingerprint density at radius 2 is 2.12 bits per heavy atom. The highest BCUT2D eigenvalue weighted by Crippen LogP contribution is 2.27. The van der Waals surface area contributed by atoms with Gasteiger partial charge in [0.2, 0.25) is 5.91 Å². The molecule has 1 rings (SSSR count). The number of benzene rings is 1. The zero-order valence-electron chi connectivity index (χ0n) is 9.31. The Labute approximate surface area is 107 Å². The number of likely N-dealkylation sites (N-methyl/N-ethyl adjacent to an activating group) is 1. The van der Waals surface area contributed by atoms with Crippen molar-refractivity contribution in [3.8, 4) is 0 Å². The molecule has 0 aliphatic rings. The summed E-state index contributed by atoms with van der Waals surface area (Å²) >= 11 is 3.30. The third-order valence-electron chi connectivity index (χ3n) is 2.28. The second-order valence-electron chi connectivity index (χ2n) is 3.44. The van der Waals surface area contributed by atoms with Crippen molar-refractivity contribution < 1.29 is 14.7 Å². The molecule has 0 spiro atoms. The van der Waals surface area contributed by atoms with Gasteiger partial charge in [0.05, 0.1) is 5.69 Å². The van der Waals surface area contributed by atoms with Gasteiger partial charge in [-0.2, -0.15) is 0 Å². The smallest absolute Gasteiger partial charge is 0.323 e. The molecule has 0 fully saturated rings. The molecule has 0 saturated heterocycles. The van der Waals surface area contributed by atoms with Crippen molar-refractivity contribution >= 4 is 33.5 Å². The standard InChI is InChI=1S/C11H13BrN2O3/c1-2-14(6-10(15)16)9-4-3-7(11(13)17)5-8(9)12/h3-5H,2,6H2,1H3,(H2,13,17)(H,15,16). The fourth-order valence-electron chi connectivity index (χ4n) is 1.45. The van der Waals surface area contributed by atoms with E-state index in [-0.39, 0.29) is 6.54 Å². The summed E-state index contributed by atoms with van der Waals surface area (Å²) < 4.78 is 0.650. The Balaban J connectivity index is 3.04. The van der Waals surface area contributed by atoms with Crippen LogP contribution in [0.3, 0.4) is 0 Å². The van der Waals surface area contributed by atoms with Gasteiger partial charge in [-0.3, -0.25) is 9.59 Å². The summed E-state index contributed by atoms with van der Waals surface area (Å²) in [6.07, 6.45) is 0. The molecule has 0 heterocycles. The molecule has 3 N–H and O–H groups in total. The van der Waals surface area contributed by atoms with Crippen molar-refractivity contribution in [3.05, 3.63) is 28.2 Å². The summed E-state index contributed by atoms with van der Waals surface area (Å²) in [5.41, 5.74) is 6.26. The van der Waals surface area contributed by atoms with Crippen LogP contribution >= 0.6 is 15.9 Å². The number of aliphatic carboxylic acids is 1. The molecular weight excluding hydrogens is 288 g/mol. The molecule has 0 unspecified atom stereocenters. The third kappa shape index (κ3) is 3.45. The van der Waals surface area contributed by atoms with Gasteiger partial charge in [-0.15, -0.1) is 0 Å². The average molecular weight is 301 g/mol. The molecule has 0 aliphatic carbocycles. The largest absolute Gasteiger partial charge is 0.480 e. The first-order valence-electron chi connectivity index (χ1n) is 5.01. The van der Waals surface area contributed by atoms with E-state index in [1.54, 1.807) is 23.1 Å². The number of halogens is 1. The predicted octanol–water partition coefficient (Wildman–Crippen LogP) is 1.46. The minimum Gasteiger partial charge on any atom is -0.480 e. The SMILES string of the molecule is CCN(CC(=O)O)c1ccc(C(N)=O)cc1Br. The van der Waals surface area contributed by atoms with Crippen LogP contribution in [0.25, 0.3) is 0 Å². The lowest BCUT2D eigenvalue weighted by molar-refractivity contribution is -0.135. The van der Waals surface area contributed by atoms with Crippen LogP contribution in [-0.2, 0) is 4.79 Å². The van der Waals surface area contributed by atoms with Crippen LogP contribution in [0.4, 0.5) is 5.69 Å². The zero-order chi connectivity index (χ0) is 13.0. The summed E-state index contributed by atoms with van der Waals surface area (Å²) in [6.45, 7) is 2.32. The fraction of sp³-hybridized carbons (Fsp3) is 0.273. The normalized spacial score (nSPS) is 10.0. The van der Waals surface area contributed by atoms with Gasteiger partial charge in [-0.05, 0) is 41.1 Å². The van der Waals surface area contributed by atoms with E-state index < -0.39 is 11.9 Å². The highest BCUT2D eigenvalue weighted by molar-refractivity contribution is 9.10. The summed E-state index contributed by atoms with van der Waals surface area (Å²) in [5.74, 6) is -1.42. The van der Waals surface area contributed by atoms with E-state index in [0.717, 1.165) is 5.69 Å². The lowest BCUT2D eigenvalue weighted by atomic mass is 10.2. The Hall–Kier alpha value is -1.56. The molecule has 5 nitrogen and oxygen atoms in total. The molecule has 0 radical (unpaired) electrons. The van der Waals surface area contributed by atoms with E-state index in [9.17, 15) is 9.59 Å². The average Bonchev–Trinajstić information content (AvgIpc) is 2.25. The van der Waals surface area contributed by atoms with Gasteiger partial charge in [0.1, 0.15) is 6.54 Å². The second kappa shape index (κ2) is 5.67. The van der Waals surface area contributed by atoms with Crippen LogP contribution in [-0.4, -0.2) is 30.1 Å². The first-order chi connectivity index (χ1) is 7.95. The van der Waals surface area contributed by atoms with Gasteiger partial charge in [-0.1, -0.05) is 0 Å². The molecule has 0 aromatic heterocycles. The zero-order valence-corrected chi connectivity index (χ0v) is 10.9. The summed E-state index contributed by atoms with van der Waals surface area (Å²) in [6, 6.07) is 4.84. The molecule has 92 valence electrons. The van der Waals surface area contributed by atoms with E-state index in [1.165, 1.54) is 0 Å². The first kappa shape index (κ1) is 13.5. The van der Waals surface area contributed by atoms with Crippen molar-refractivity contribution in [1.29, 1.82) is 0 Å². The molecule has 1 aromatic carbocycles. The maximum Gasteiger partial charge on any atom is 0.323 e. The summed E-state index contributed by atoms with van der Waals surface area (Å²) in [4.78, 5) is 23.4. The van der Waals surface area contributed by atoms with Crippen LogP contribution in [0.2, 0.25) is 0 Å². The predicted molar refractivity (Wildman–Crippen MR) is 68.2 cm³/mol. The molecule has 6 heteroatoms. The number of nitrogens with two attached hydrogens (primary N) is 1. The number of hydrogen-bond donors (Lipinski definition) is 2. The highest BCUT2D eigenvalue weighted by Gasteiger charge is 2.13. The summed E-state index contributed by atoms with van der Waals surface area (Å²) in [7, 11) is 0. The fourth-order valence-corrected chi connectivity index (χ4v) is 2.08. The molecule has 0 atom stereocenters. The van der Waals surface area contributed by atoms with E-state index >= 15 is 0 Å². The summed E-state index contributed by atoms with van der Waals surface area (Å²) in [5, 5.41) is 8.78. The topological polar surface area (TPSA) is 83.6 Å². The number of rotatable bonds is 5. The van der Waals surface area contributed by atoms with Gasteiger partial charge >= 0.3 is 5.97 Å². The Kier molecular flexibility index (Phi) is 4.51. The second-order valence-corrected chi connectivity index (χ2v) is 4.29. The number of anilines is 1. The first-order valence-corrected chi connectivity index (χ1v) is 5.81. The minimum absolute atomic E-state index is 0.0922. The van der Waals surface area contributed by atoms with Crippen LogP contribution < -0.4 is 10.6 Å². The van der Waals surface area contributed by atoms with Gasteiger partial charge in [0.15, 0.2) is 0 Å². The van der Waals surface area contributed by atoms with Crippen molar-refractivity contribution in [2.75, 3.05) is 18.0 Å². The lowest BCUT2D eigenvalue weighted by Crippen LogP contribution is -2.29. The molecule has 1 amide bonds. The highest BCUT2D eigenvalue weighted by atomic mass is 79.9. The van der Waals surface area contributed by atoms with Crippen LogP contribution in [0, 0.1) is 0 Å². The Morgan fingerprint density at radius 1 is 1.47 bits per heavy atom. The number of nitrogens with zero attached hydrogens (tertiary/aromatic N) is 1. The van der Waals surface area contributed by atoms with E-state index in [2.05, 4.69) is 15.9 Å². The molecule has 0 aliphatic heterocycles. The third-order valence-corrected chi connectivity index (χ3v) is 2.92. The monoisotopic (exact) mass is 300 g/mol. The quantitative estimate of drug-likeness (QED) is 0.862. The number of primary amides is 1. The molecule has 0 bridgehead atoms. The van der Waals surface area contributed by atoms with Gasteiger partial charge in [0.25, 0.3) is 0 Å². The Morgan fingerprint density at radius 3 is 2.53 bits per heavy atom. The minimum atomic E-state index is -0.905. The van der Waals surface area contributed by atoms with Gasteiger partial charge in [0, 0.05) is 16.6 Å². The molecule has 17 heavy (non-hydrogen) atoms. The maximum absolute atomic E-state index is 11.0. The van der Waals surface area contributed by atoms with Gasteiger partial charge in [-0.25, -0.2) is 0 Å². The maximum atomic E-state index is 11.0. The van der Waals surface area contributed by atoms with E-state index in [0.29, 0.717) is 16.6 Å².